The largest absolute Gasteiger partial charge is 0.427 e. The maximum atomic E-state index is 13.6. The van der Waals surface area contributed by atoms with Gasteiger partial charge >= 0.3 is 12.2 Å². The summed E-state index contributed by atoms with van der Waals surface area (Å²) in [7, 11) is 0. The first kappa shape index (κ1) is 15.3. The molecule has 1 heterocycles. The molecule has 21 heavy (non-hydrogen) atoms. The number of halogens is 4. The monoisotopic (exact) mass is 314 g/mol. The molecule has 0 spiro atoms. The smallest absolute Gasteiger partial charge is 0.310 e. The fourth-order valence-corrected chi connectivity index (χ4v) is 2.13. The maximum Gasteiger partial charge on any atom is 0.427 e. The summed E-state index contributed by atoms with van der Waals surface area (Å²) in [5.41, 5.74) is -3.01. The van der Waals surface area contributed by atoms with Gasteiger partial charge in [0.25, 0.3) is 0 Å². The van der Waals surface area contributed by atoms with Crippen molar-refractivity contribution in [3.63, 3.8) is 0 Å². The Morgan fingerprint density at radius 2 is 2.10 bits per heavy atom. The Hall–Kier alpha value is -2.13. The number of nitrogens with one attached hydrogen (secondary N) is 2. The summed E-state index contributed by atoms with van der Waals surface area (Å²) < 4.78 is 40.8. The third-order valence-electron chi connectivity index (χ3n) is 2.87. The third-order valence-corrected chi connectivity index (χ3v) is 3.10. The standard InChI is InChI=1S/C14H10ClF3N2O/c1-2-3-4-7-13(14(16,17)18)10-8-9(15)5-6-11(10)19-12(21)20-13/h2-3,5-6,8H,1H3,(H2,19,20,21)/b3-2-/t13-/m0/s1. The van der Waals surface area contributed by atoms with E-state index in [1.165, 1.54) is 24.3 Å². The predicted molar refractivity (Wildman–Crippen MR) is 73.9 cm³/mol. The number of rotatable bonds is 0. The van der Waals surface area contributed by atoms with Gasteiger partial charge in [-0.15, -0.1) is 0 Å². The molecule has 3 nitrogen and oxygen atoms in total. The van der Waals surface area contributed by atoms with Crippen molar-refractivity contribution in [3.8, 4) is 11.8 Å². The summed E-state index contributed by atoms with van der Waals surface area (Å²) in [5, 5.41) is 4.30. The second kappa shape index (κ2) is 5.34. The molecule has 2 N–H and O–H groups in total. The van der Waals surface area contributed by atoms with Gasteiger partial charge in [0, 0.05) is 16.3 Å². The number of hydrogen-bond acceptors (Lipinski definition) is 1. The summed E-state index contributed by atoms with van der Waals surface area (Å²) in [6, 6.07) is 2.87. The number of allylic oxidation sites excluding steroid dienone is 2. The van der Waals surface area contributed by atoms with Crippen LogP contribution in [0.3, 0.4) is 0 Å². The topological polar surface area (TPSA) is 41.1 Å². The molecular weight excluding hydrogens is 305 g/mol. The number of benzene rings is 1. The number of fused-ring (bicyclic) bond motifs is 1. The van der Waals surface area contributed by atoms with Crippen molar-refractivity contribution < 1.29 is 18.0 Å². The molecule has 0 unspecified atom stereocenters. The van der Waals surface area contributed by atoms with E-state index in [2.05, 4.69) is 17.2 Å². The van der Waals surface area contributed by atoms with E-state index in [-0.39, 0.29) is 16.3 Å². The van der Waals surface area contributed by atoms with Crippen LogP contribution in [0.15, 0.2) is 30.4 Å². The molecule has 2 amide bonds. The Kier molecular flexibility index (Phi) is 3.88. The lowest BCUT2D eigenvalue weighted by atomic mass is 9.86. The van der Waals surface area contributed by atoms with Crippen molar-refractivity contribution in [2.45, 2.75) is 18.6 Å². The van der Waals surface area contributed by atoms with Crippen molar-refractivity contribution in [2.75, 3.05) is 5.32 Å². The molecule has 1 aromatic carbocycles. The molecule has 0 aliphatic carbocycles. The van der Waals surface area contributed by atoms with Crippen molar-refractivity contribution in [3.05, 3.63) is 40.9 Å². The van der Waals surface area contributed by atoms with E-state index in [1.807, 2.05) is 5.32 Å². The van der Waals surface area contributed by atoms with Gasteiger partial charge < -0.3 is 10.6 Å². The van der Waals surface area contributed by atoms with Gasteiger partial charge in [-0.2, -0.15) is 13.2 Å². The summed E-state index contributed by atoms with van der Waals surface area (Å²) in [5.74, 6) is 4.39. The first-order valence-corrected chi connectivity index (χ1v) is 6.28. The van der Waals surface area contributed by atoms with Crippen molar-refractivity contribution >= 4 is 23.3 Å². The van der Waals surface area contributed by atoms with E-state index in [9.17, 15) is 18.0 Å². The van der Waals surface area contributed by atoms with Crippen LogP contribution in [-0.2, 0) is 5.54 Å². The van der Waals surface area contributed by atoms with E-state index in [0.717, 1.165) is 6.07 Å². The lowest BCUT2D eigenvalue weighted by Gasteiger charge is -2.37. The quantitative estimate of drug-likeness (QED) is 0.702. The highest BCUT2D eigenvalue weighted by Gasteiger charge is 2.59. The predicted octanol–water partition coefficient (Wildman–Crippen LogP) is 3.81. The number of amides is 2. The molecule has 0 bridgehead atoms. The molecule has 1 atom stereocenters. The van der Waals surface area contributed by atoms with Gasteiger partial charge in [-0.1, -0.05) is 29.5 Å². The number of urea groups is 1. The molecule has 0 aromatic heterocycles. The zero-order valence-electron chi connectivity index (χ0n) is 10.8. The second-order valence-corrected chi connectivity index (χ2v) is 4.72. The Morgan fingerprint density at radius 1 is 1.38 bits per heavy atom. The van der Waals surface area contributed by atoms with Crippen LogP contribution in [0.25, 0.3) is 0 Å². The molecule has 7 heteroatoms. The van der Waals surface area contributed by atoms with E-state index < -0.39 is 17.7 Å². The molecule has 1 aromatic rings. The van der Waals surface area contributed by atoms with Gasteiger partial charge in [0.05, 0.1) is 0 Å². The van der Waals surface area contributed by atoms with Crippen LogP contribution in [0.2, 0.25) is 5.02 Å². The summed E-state index contributed by atoms with van der Waals surface area (Å²) in [4.78, 5) is 11.6. The number of carbonyl (C=O) groups is 1. The van der Waals surface area contributed by atoms with Crippen molar-refractivity contribution in [1.29, 1.82) is 0 Å². The van der Waals surface area contributed by atoms with E-state index in [4.69, 9.17) is 11.6 Å². The molecule has 0 fully saturated rings. The normalized spacial score (nSPS) is 21.1. The summed E-state index contributed by atoms with van der Waals surface area (Å²) >= 11 is 5.78. The minimum Gasteiger partial charge on any atom is -0.310 e. The highest BCUT2D eigenvalue weighted by Crippen LogP contribution is 2.44. The molecule has 0 radical (unpaired) electrons. The van der Waals surface area contributed by atoms with Crippen LogP contribution in [0, 0.1) is 11.8 Å². The fraction of sp³-hybridized carbons (Fsp3) is 0.214. The zero-order chi connectivity index (χ0) is 15.7. The Morgan fingerprint density at radius 3 is 2.71 bits per heavy atom. The second-order valence-electron chi connectivity index (χ2n) is 4.29. The van der Waals surface area contributed by atoms with Crippen LogP contribution in [0.5, 0.6) is 0 Å². The Balaban J connectivity index is 2.74. The van der Waals surface area contributed by atoms with Crippen molar-refractivity contribution in [2.24, 2.45) is 0 Å². The first-order valence-electron chi connectivity index (χ1n) is 5.90. The van der Waals surface area contributed by atoms with Crippen molar-refractivity contribution in [1.82, 2.24) is 5.32 Å². The molecule has 0 saturated carbocycles. The van der Waals surface area contributed by atoms with E-state index >= 15 is 0 Å². The third kappa shape index (κ3) is 2.69. The number of alkyl halides is 3. The molecule has 0 saturated heterocycles. The SMILES string of the molecule is C/C=C\C#C[C@]1(C(F)(F)F)NC(=O)Nc2ccc(Cl)cc21. The van der Waals surface area contributed by atoms with Gasteiger partial charge in [-0.05, 0) is 31.2 Å². The van der Waals surface area contributed by atoms with Crippen LogP contribution < -0.4 is 10.6 Å². The van der Waals surface area contributed by atoms with E-state index in [1.54, 1.807) is 6.92 Å². The van der Waals surface area contributed by atoms with E-state index in [0.29, 0.717) is 0 Å². The van der Waals surface area contributed by atoms with Gasteiger partial charge in [-0.25, -0.2) is 4.79 Å². The zero-order valence-corrected chi connectivity index (χ0v) is 11.6. The molecule has 1 aliphatic heterocycles. The molecule has 110 valence electrons. The minimum absolute atomic E-state index is 0.0234. The highest BCUT2D eigenvalue weighted by molar-refractivity contribution is 6.30. The summed E-state index contributed by atoms with van der Waals surface area (Å²) in [6.45, 7) is 1.63. The van der Waals surface area contributed by atoms with Gasteiger partial charge in [0.2, 0.25) is 5.54 Å². The maximum absolute atomic E-state index is 13.6. The van der Waals surface area contributed by atoms with Gasteiger partial charge in [0.15, 0.2) is 0 Å². The minimum atomic E-state index is -4.81. The Labute approximate surface area is 124 Å². The average Bonchev–Trinajstić information content (AvgIpc) is 2.38. The Bertz CT molecular complexity index is 673. The van der Waals surface area contributed by atoms with Gasteiger partial charge in [0.1, 0.15) is 0 Å². The van der Waals surface area contributed by atoms with Crippen LogP contribution in [-0.4, -0.2) is 12.2 Å². The lowest BCUT2D eigenvalue weighted by Crippen LogP contribution is -2.59. The van der Waals surface area contributed by atoms with Crippen LogP contribution >= 0.6 is 11.6 Å². The number of anilines is 1. The average molecular weight is 315 g/mol. The number of carbonyl (C=O) groups excluding carboxylic acids is 1. The number of hydrogen-bond donors (Lipinski definition) is 2. The molecule has 1 aliphatic rings. The molecular formula is C14H10ClF3N2O. The van der Waals surface area contributed by atoms with Crippen LogP contribution in [0.1, 0.15) is 12.5 Å². The van der Waals surface area contributed by atoms with Gasteiger partial charge in [-0.3, -0.25) is 0 Å². The van der Waals surface area contributed by atoms with Crippen LogP contribution in [0.4, 0.5) is 23.7 Å². The highest BCUT2D eigenvalue weighted by atomic mass is 35.5. The lowest BCUT2D eigenvalue weighted by molar-refractivity contribution is -0.178. The molecule has 2 rings (SSSR count). The first-order chi connectivity index (χ1) is 9.80. The summed E-state index contributed by atoms with van der Waals surface area (Å²) in [6.07, 6.45) is -2.04. The fourth-order valence-electron chi connectivity index (χ4n) is 1.95.